The second kappa shape index (κ2) is 16.5. The summed E-state index contributed by atoms with van der Waals surface area (Å²) in [5.41, 5.74) is 3.15. The second-order valence-electron chi connectivity index (χ2n) is 5.19. The summed E-state index contributed by atoms with van der Waals surface area (Å²) in [6, 6.07) is 0. The van der Waals surface area contributed by atoms with Crippen molar-refractivity contribution < 1.29 is 0 Å². The van der Waals surface area contributed by atoms with Crippen LogP contribution in [-0.2, 0) is 0 Å². The fraction of sp³-hybridized carbons (Fsp3) is 0.938. The van der Waals surface area contributed by atoms with Crippen LogP contribution >= 0.6 is 0 Å². The normalized spacial score (nSPS) is 11.2. The second-order valence-corrected chi connectivity index (χ2v) is 5.19. The highest BCUT2D eigenvalue weighted by molar-refractivity contribution is 5.56. The molecule has 0 heterocycles. The number of hydrazone groups is 1. The van der Waals surface area contributed by atoms with Gasteiger partial charge < -0.3 is 5.43 Å². The van der Waals surface area contributed by atoms with Crippen molar-refractivity contribution in [3.05, 3.63) is 0 Å². The highest BCUT2D eigenvalue weighted by Crippen LogP contribution is 2.04. The fourth-order valence-electron chi connectivity index (χ4n) is 2.02. The lowest BCUT2D eigenvalue weighted by Gasteiger charge is -2.01. The van der Waals surface area contributed by atoms with Gasteiger partial charge in [-0.25, -0.2) is 0 Å². The molecule has 0 fully saturated rings. The molecule has 0 rings (SSSR count). The monoisotopic (exact) mass is 254 g/mol. The van der Waals surface area contributed by atoms with E-state index in [0.717, 1.165) is 13.0 Å². The fourth-order valence-corrected chi connectivity index (χ4v) is 2.02. The van der Waals surface area contributed by atoms with E-state index in [2.05, 4.69) is 24.4 Å². The molecule has 18 heavy (non-hydrogen) atoms. The first-order valence-corrected chi connectivity index (χ1v) is 8.16. The predicted octanol–water partition coefficient (Wildman–Crippen LogP) is 5.28. The Morgan fingerprint density at radius 1 is 0.722 bits per heavy atom. The lowest BCUT2D eigenvalue weighted by molar-refractivity contribution is 0.581. The van der Waals surface area contributed by atoms with E-state index in [1.165, 1.54) is 70.6 Å². The molecule has 0 bridgehead atoms. The molecule has 0 saturated carbocycles. The number of nitrogens with zero attached hydrogens (tertiary/aromatic N) is 1. The molecule has 0 aliphatic rings. The maximum Gasteiger partial charge on any atom is 0.0329 e. The first-order valence-electron chi connectivity index (χ1n) is 8.16. The van der Waals surface area contributed by atoms with Gasteiger partial charge in [-0.2, -0.15) is 5.10 Å². The summed E-state index contributed by atoms with van der Waals surface area (Å²) in [4.78, 5) is 0. The van der Waals surface area contributed by atoms with Gasteiger partial charge >= 0.3 is 0 Å². The molecule has 0 amide bonds. The van der Waals surface area contributed by atoms with Gasteiger partial charge in [0.25, 0.3) is 0 Å². The minimum atomic E-state index is 1.04. The molecular weight excluding hydrogens is 220 g/mol. The molecule has 1 N–H and O–H groups in total. The van der Waals surface area contributed by atoms with Crippen molar-refractivity contribution in [2.75, 3.05) is 6.54 Å². The van der Waals surface area contributed by atoms with Crippen molar-refractivity contribution in [1.29, 1.82) is 0 Å². The summed E-state index contributed by atoms with van der Waals surface area (Å²) < 4.78 is 0. The number of rotatable bonds is 14. The van der Waals surface area contributed by atoms with Gasteiger partial charge in [-0.05, 0) is 19.3 Å². The Balaban J connectivity index is 3.00. The zero-order chi connectivity index (χ0) is 13.3. The predicted molar refractivity (Wildman–Crippen MR) is 83.2 cm³/mol. The van der Waals surface area contributed by atoms with E-state index in [1.807, 2.05) is 6.21 Å². The molecular formula is C16H34N2. The van der Waals surface area contributed by atoms with Crippen LogP contribution in [0, 0.1) is 0 Å². The lowest BCUT2D eigenvalue weighted by atomic mass is 10.1. The summed E-state index contributed by atoms with van der Waals surface area (Å²) in [6.07, 6.45) is 18.0. The van der Waals surface area contributed by atoms with Gasteiger partial charge in [0, 0.05) is 12.8 Å². The van der Waals surface area contributed by atoms with E-state index >= 15 is 0 Å². The molecule has 0 aromatic heterocycles. The van der Waals surface area contributed by atoms with Crippen molar-refractivity contribution in [3.63, 3.8) is 0 Å². The smallest absolute Gasteiger partial charge is 0.0329 e. The van der Waals surface area contributed by atoms with Gasteiger partial charge in [-0.3, -0.25) is 0 Å². The van der Waals surface area contributed by atoms with Crippen LogP contribution in [0.4, 0.5) is 0 Å². The van der Waals surface area contributed by atoms with Gasteiger partial charge in [0.05, 0.1) is 0 Å². The van der Waals surface area contributed by atoms with Crippen LogP contribution in [0.15, 0.2) is 5.10 Å². The van der Waals surface area contributed by atoms with E-state index in [0.29, 0.717) is 0 Å². The summed E-state index contributed by atoms with van der Waals surface area (Å²) in [6.45, 7) is 5.56. The van der Waals surface area contributed by atoms with E-state index in [4.69, 9.17) is 0 Å². The molecule has 0 aliphatic carbocycles. The van der Waals surface area contributed by atoms with Crippen LogP contribution in [0.1, 0.15) is 90.9 Å². The van der Waals surface area contributed by atoms with Crippen molar-refractivity contribution in [2.45, 2.75) is 90.9 Å². The molecule has 2 heteroatoms. The number of unbranched alkanes of at least 4 members (excludes halogenated alkanes) is 10. The van der Waals surface area contributed by atoms with E-state index in [1.54, 1.807) is 0 Å². The molecule has 0 aromatic rings. The Labute approximate surface area is 115 Å². The van der Waals surface area contributed by atoms with Crippen LogP contribution < -0.4 is 5.43 Å². The number of hydrogen-bond donors (Lipinski definition) is 1. The Morgan fingerprint density at radius 2 is 1.28 bits per heavy atom. The highest BCUT2D eigenvalue weighted by atomic mass is 15.3. The average molecular weight is 254 g/mol. The summed E-state index contributed by atoms with van der Waals surface area (Å²) >= 11 is 0. The first-order chi connectivity index (χ1) is 8.91. The van der Waals surface area contributed by atoms with Gasteiger partial charge in [0.2, 0.25) is 0 Å². The molecule has 0 radical (unpaired) electrons. The summed E-state index contributed by atoms with van der Waals surface area (Å²) in [5.74, 6) is 0. The van der Waals surface area contributed by atoms with Crippen molar-refractivity contribution in [3.8, 4) is 0 Å². The van der Waals surface area contributed by atoms with Crippen LogP contribution in [0.2, 0.25) is 0 Å². The van der Waals surface area contributed by atoms with Gasteiger partial charge in [0.15, 0.2) is 0 Å². The number of nitrogens with one attached hydrogen (secondary N) is 1. The summed E-state index contributed by atoms with van der Waals surface area (Å²) in [5, 5.41) is 4.25. The molecule has 0 spiro atoms. The maximum absolute atomic E-state index is 4.25. The minimum Gasteiger partial charge on any atom is -0.310 e. The Bertz CT molecular complexity index is 166. The molecule has 108 valence electrons. The Kier molecular flexibility index (Phi) is 16.0. The van der Waals surface area contributed by atoms with Crippen LogP contribution in [0.5, 0.6) is 0 Å². The quantitative estimate of drug-likeness (QED) is 0.254. The third-order valence-electron chi connectivity index (χ3n) is 3.26. The van der Waals surface area contributed by atoms with Gasteiger partial charge in [0.1, 0.15) is 0 Å². The molecule has 2 nitrogen and oxygen atoms in total. The Hall–Kier alpha value is -0.530. The SMILES string of the molecule is CCCCCCCC=NNCCCCCCCC. The summed E-state index contributed by atoms with van der Waals surface area (Å²) in [7, 11) is 0. The molecule has 0 unspecified atom stereocenters. The average Bonchev–Trinajstić information content (AvgIpc) is 2.39. The first kappa shape index (κ1) is 17.5. The molecule has 0 atom stereocenters. The van der Waals surface area contributed by atoms with Gasteiger partial charge in [-0.15, -0.1) is 0 Å². The molecule has 0 saturated heterocycles. The zero-order valence-electron chi connectivity index (χ0n) is 12.7. The van der Waals surface area contributed by atoms with Crippen LogP contribution in [0.3, 0.4) is 0 Å². The largest absolute Gasteiger partial charge is 0.310 e. The molecule has 0 aromatic carbocycles. The molecule has 0 aliphatic heterocycles. The van der Waals surface area contributed by atoms with E-state index in [-0.39, 0.29) is 0 Å². The standard InChI is InChI=1S/C16H34N2/c1-3-5-7-9-11-13-15-17-18-16-14-12-10-8-6-4-2/h15,18H,3-14,16H2,1-2H3. The van der Waals surface area contributed by atoms with E-state index in [9.17, 15) is 0 Å². The van der Waals surface area contributed by atoms with Crippen molar-refractivity contribution >= 4 is 6.21 Å². The van der Waals surface area contributed by atoms with Gasteiger partial charge in [-0.1, -0.05) is 71.6 Å². The highest BCUT2D eigenvalue weighted by Gasteiger charge is 1.89. The third-order valence-corrected chi connectivity index (χ3v) is 3.26. The lowest BCUT2D eigenvalue weighted by Crippen LogP contribution is -2.07. The van der Waals surface area contributed by atoms with Crippen molar-refractivity contribution in [1.82, 2.24) is 5.43 Å². The van der Waals surface area contributed by atoms with Crippen molar-refractivity contribution in [2.24, 2.45) is 5.10 Å². The Morgan fingerprint density at radius 3 is 1.94 bits per heavy atom. The van der Waals surface area contributed by atoms with Crippen LogP contribution in [-0.4, -0.2) is 12.8 Å². The minimum absolute atomic E-state index is 1.04. The third kappa shape index (κ3) is 15.5. The van der Waals surface area contributed by atoms with E-state index < -0.39 is 0 Å². The zero-order valence-corrected chi connectivity index (χ0v) is 12.7. The topological polar surface area (TPSA) is 24.4 Å². The maximum atomic E-state index is 4.25. The van der Waals surface area contributed by atoms with Crippen LogP contribution in [0.25, 0.3) is 0 Å². The number of hydrogen-bond acceptors (Lipinski definition) is 2.